The van der Waals surface area contributed by atoms with E-state index < -0.39 is 45.3 Å². The third kappa shape index (κ3) is 5.13. The Labute approximate surface area is 114 Å². The Morgan fingerprint density at radius 1 is 1.21 bits per heavy atom. The van der Waals surface area contributed by atoms with E-state index in [0.29, 0.717) is 0 Å². The first-order valence-corrected chi connectivity index (χ1v) is 8.26. The van der Waals surface area contributed by atoms with Crippen molar-refractivity contribution in [1.29, 1.82) is 0 Å². The third-order valence-electron chi connectivity index (χ3n) is 1.92. The van der Waals surface area contributed by atoms with E-state index in [1.807, 2.05) is 0 Å². The maximum Gasteiger partial charge on any atom is 0.400 e. The molecule has 0 saturated carbocycles. The van der Waals surface area contributed by atoms with Crippen molar-refractivity contribution >= 4 is 33.1 Å². The number of rotatable bonds is 6. The molecule has 0 amide bonds. The highest BCUT2D eigenvalue weighted by molar-refractivity contribution is 7.82. The minimum absolute atomic E-state index is 0.0572. The Morgan fingerprint density at radius 2 is 1.89 bits per heavy atom. The summed E-state index contributed by atoms with van der Waals surface area (Å²) in [6.07, 6.45) is -1.46. The molecule has 19 heavy (non-hydrogen) atoms. The van der Waals surface area contributed by atoms with Gasteiger partial charge in [0.2, 0.25) is 0 Å². The molecule has 2 rings (SSSR count). The molecule has 4 unspecified atom stereocenters. The summed E-state index contributed by atoms with van der Waals surface area (Å²) in [5, 5.41) is 0. The van der Waals surface area contributed by atoms with Crippen molar-refractivity contribution in [3.8, 4) is 0 Å². The SMILES string of the molecule is O=S(OCC1COS(=O)O1)OCC1COS(=O)(=O)O1. The van der Waals surface area contributed by atoms with Crippen molar-refractivity contribution in [2.45, 2.75) is 12.2 Å². The molecule has 0 bridgehead atoms. The van der Waals surface area contributed by atoms with Crippen molar-refractivity contribution in [2.24, 2.45) is 0 Å². The third-order valence-corrected chi connectivity index (χ3v) is 4.26. The van der Waals surface area contributed by atoms with Gasteiger partial charge in [-0.3, -0.25) is 16.7 Å². The zero-order valence-corrected chi connectivity index (χ0v) is 11.7. The van der Waals surface area contributed by atoms with E-state index in [1.165, 1.54) is 0 Å². The Hall–Kier alpha value is 0.01000. The van der Waals surface area contributed by atoms with Crippen LogP contribution in [0.5, 0.6) is 0 Å². The zero-order chi connectivity index (χ0) is 13.9. The number of hydrogen-bond acceptors (Lipinski definition) is 10. The van der Waals surface area contributed by atoms with Crippen LogP contribution in [0.4, 0.5) is 0 Å². The molecule has 0 radical (unpaired) electrons. The molecule has 112 valence electrons. The van der Waals surface area contributed by atoms with E-state index >= 15 is 0 Å². The van der Waals surface area contributed by atoms with Crippen molar-refractivity contribution in [2.75, 3.05) is 26.4 Å². The lowest BCUT2D eigenvalue weighted by Crippen LogP contribution is -2.22. The highest BCUT2D eigenvalue weighted by Gasteiger charge is 2.31. The predicted octanol–water partition coefficient (Wildman–Crippen LogP) is -1.75. The molecule has 0 aromatic rings. The van der Waals surface area contributed by atoms with Crippen LogP contribution in [0.1, 0.15) is 0 Å². The van der Waals surface area contributed by atoms with Gasteiger partial charge in [0.25, 0.3) is 0 Å². The summed E-state index contributed by atoms with van der Waals surface area (Å²) in [5.74, 6) is 0. The van der Waals surface area contributed by atoms with Gasteiger partial charge in [-0.05, 0) is 0 Å². The normalized spacial score (nSPS) is 35.5. The summed E-state index contributed by atoms with van der Waals surface area (Å²) in [5.41, 5.74) is 0. The maximum atomic E-state index is 11.2. The quantitative estimate of drug-likeness (QED) is 0.551. The fraction of sp³-hybridized carbons (Fsp3) is 1.00. The molecule has 0 aliphatic carbocycles. The smallest absolute Gasteiger partial charge is 0.266 e. The summed E-state index contributed by atoms with van der Waals surface area (Å²) in [6, 6.07) is 0. The topological polar surface area (TPSA) is 124 Å². The first-order chi connectivity index (χ1) is 8.94. The minimum Gasteiger partial charge on any atom is -0.266 e. The summed E-state index contributed by atoms with van der Waals surface area (Å²) in [6.45, 7) is -0.571. The molecule has 13 heteroatoms. The molecular weight excluding hydrogens is 328 g/mol. The van der Waals surface area contributed by atoms with Gasteiger partial charge in [-0.15, -0.1) is 0 Å². The van der Waals surface area contributed by atoms with E-state index in [-0.39, 0.29) is 26.4 Å². The molecule has 2 fully saturated rings. The molecule has 2 aliphatic heterocycles. The van der Waals surface area contributed by atoms with Gasteiger partial charge >= 0.3 is 33.1 Å². The second-order valence-electron chi connectivity index (χ2n) is 3.39. The second kappa shape index (κ2) is 6.64. The molecule has 10 nitrogen and oxygen atoms in total. The van der Waals surface area contributed by atoms with Crippen LogP contribution in [-0.4, -0.2) is 55.5 Å². The summed E-state index contributed by atoms with van der Waals surface area (Å²) in [4.78, 5) is 0. The lowest BCUT2D eigenvalue weighted by Gasteiger charge is -2.08. The van der Waals surface area contributed by atoms with Gasteiger partial charge in [-0.2, -0.15) is 16.8 Å². The van der Waals surface area contributed by atoms with Gasteiger partial charge < -0.3 is 0 Å². The molecule has 2 aliphatic rings. The Balaban J connectivity index is 1.61. The second-order valence-corrected chi connectivity index (χ2v) is 6.35. The van der Waals surface area contributed by atoms with Crippen molar-refractivity contribution in [3.63, 3.8) is 0 Å². The van der Waals surface area contributed by atoms with E-state index in [2.05, 4.69) is 12.5 Å². The summed E-state index contributed by atoms with van der Waals surface area (Å²) in [7, 11) is -3.96. The van der Waals surface area contributed by atoms with Crippen LogP contribution < -0.4 is 0 Å². The van der Waals surface area contributed by atoms with Gasteiger partial charge in [0.1, 0.15) is 12.2 Å². The van der Waals surface area contributed by atoms with Crippen LogP contribution in [-0.2, 0) is 58.2 Å². The fourth-order valence-electron chi connectivity index (χ4n) is 1.13. The van der Waals surface area contributed by atoms with Gasteiger partial charge in [0.15, 0.2) is 0 Å². The van der Waals surface area contributed by atoms with Gasteiger partial charge in [-0.1, -0.05) is 0 Å². The van der Waals surface area contributed by atoms with E-state index in [9.17, 15) is 16.8 Å². The summed E-state index contributed by atoms with van der Waals surface area (Å²) >= 11 is -3.92. The molecule has 2 saturated heterocycles. The van der Waals surface area contributed by atoms with E-state index in [1.54, 1.807) is 0 Å². The van der Waals surface area contributed by atoms with Crippen molar-refractivity contribution in [3.05, 3.63) is 0 Å². The molecule has 2 heterocycles. The van der Waals surface area contributed by atoms with Gasteiger partial charge in [-0.25, -0.2) is 8.37 Å². The maximum absolute atomic E-state index is 11.2. The van der Waals surface area contributed by atoms with Gasteiger partial charge in [0, 0.05) is 0 Å². The molecule has 0 spiro atoms. The highest BCUT2D eigenvalue weighted by atomic mass is 32.3. The molecule has 0 aromatic carbocycles. The number of hydrogen-bond donors (Lipinski definition) is 0. The monoisotopic (exact) mass is 338 g/mol. The van der Waals surface area contributed by atoms with E-state index in [0.717, 1.165) is 0 Å². The standard InChI is InChI=1S/C6H10O10S3/c7-17(11-1-5-2-13-18(8)15-5)12-3-6-4-14-19(9,10)16-6/h5-6H,1-4H2. The molecule has 0 N–H and O–H groups in total. The first-order valence-electron chi connectivity index (χ1n) is 4.93. The molecule has 4 atom stereocenters. The zero-order valence-electron chi connectivity index (χ0n) is 9.29. The lowest BCUT2D eigenvalue weighted by molar-refractivity contribution is 0.121. The van der Waals surface area contributed by atoms with Crippen molar-refractivity contribution < 1.29 is 41.9 Å². The van der Waals surface area contributed by atoms with Crippen LogP contribution in [0, 0.1) is 0 Å². The predicted molar refractivity (Wildman–Crippen MR) is 58.8 cm³/mol. The van der Waals surface area contributed by atoms with Crippen molar-refractivity contribution in [1.82, 2.24) is 0 Å². The Kier molecular flexibility index (Phi) is 5.38. The first kappa shape index (κ1) is 15.4. The minimum atomic E-state index is -3.96. The molecular formula is C6H10O10S3. The van der Waals surface area contributed by atoms with Crippen LogP contribution in [0.15, 0.2) is 0 Å². The lowest BCUT2D eigenvalue weighted by atomic mass is 10.4. The molecule has 0 aromatic heterocycles. The van der Waals surface area contributed by atoms with Crippen LogP contribution in [0.3, 0.4) is 0 Å². The summed E-state index contributed by atoms with van der Waals surface area (Å²) < 4.78 is 70.9. The fourth-order valence-corrected chi connectivity index (χ4v) is 3.19. The average Bonchev–Trinajstić information content (AvgIpc) is 2.90. The highest BCUT2D eigenvalue weighted by Crippen LogP contribution is 2.14. The van der Waals surface area contributed by atoms with Crippen LogP contribution in [0.25, 0.3) is 0 Å². The van der Waals surface area contributed by atoms with Crippen LogP contribution in [0.2, 0.25) is 0 Å². The average molecular weight is 338 g/mol. The Bertz CT molecular complexity index is 460. The van der Waals surface area contributed by atoms with E-state index in [4.69, 9.17) is 12.5 Å². The van der Waals surface area contributed by atoms with Crippen LogP contribution >= 0.6 is 0 Å². The van der Waals surface area contributed by atoms with Gasteiger partial charge in [0.05, 0.1) is 26.4 Å². The largest absolute Gasteiger partial charge is 0.400 e. The Morgan fingerprint density at radius 3 is 2.42 bits per heavy atom.